The number of fused-ring (bicyclic) bond motifs is 1. The zero-order valence-electron chi connectivity index (χ0n) is 11.9. The third-order valence-electron chi connectivity index (χ3n) is 4.38. The number of hydrogen-bond donors (Lipinski definition) is 2. The van der Waals surface area contributed by atoms with Crippen LogP contribution >= 0.6 is 0 Å². The first-order chi connectivity index (χ1) is 8.42. The molecule has 1 amide bonds. The summed E-state index contributed by atoms with van der Waals surface area (Å²) in [4.78, 5) is 12.2. The van der Waals surface area contributed by atoms with Gasteiger partial charge in [-0.25, -0.2) is 0 Å². The molecule has 0 spiro atoms. The molecular weight excluding hydrogens is 226 g/mol. The molecule has 3 heteroatoms. The molecule has 2 fully saturated rings. The molecule has 0 aliphatic heterocycles. The summed E-state index contributed by atoms with van der Waals surface area (Å²) in [6, 6.07) is -0.0832. The maximum atomic E-state index is 12.2. The van der Waals surface area contributed by atoms with Crippen molar-refractivity contribution in [1.82, 2.24) is 5.32 Å². The van der Waals surface area contributed by atoms with Crippen LogP contribution in [0, 0.1) is 23.2 Å². The van der Waals surface area contributed by atoms with Crippen LogP contribution in [0.1, 0.15) is 52.9 Å². The monoisotopic (exact) mass is 253 g/mol. The molecule has 0 aromatic carbocycles. The molecule has 3 nitrogen and oxygen atoms in total. The standard InChI is InChI=1S/C15H27NO2/c1-15(2,3)8-10(9-17)16-14(18)13-11-6-4-5-7-12(11)13/h10-13,17H,4-9H2,1-3H3,(H,16,18). The minimum atomic E-state index is -0.0832. The van der Waals surface area contributed by atoms with Gasteiger partial charge in [-0.05, 0) is 36.5 Å². The number of amides is 1. The first kappa shape index (κ1) is 13.9. The molecule has 104 valence electrons. The summed E-state index contributed by atoms with van der Waals surface area (Å²) in [6.07, 6.45) is 5.86. The summed E-state index contributed by atoms with van der Waals surface area (Å²) < 4.78 is 0. The van der Waals surface area contributed by atoms with Crippen LogP contribution < -0.4 is 5.32 Å². The number of carbonyl (C=O) groups excluding carboxylic acids is 1. The number of carbonyl (C=O) groups is 1. The van der Waals surface area contributed by atoms with E-state index in [0.29, 0.717) is 11.8 Å². The number of rotatable bonds is 4. The van der Waals surface area contributed by atoms with Crippen LogP contribution in [0.25, 0.3) is 0 Å². The van der Waals surface area contributed by atoms with Crippen molar-refractivity contribution in [3.05, 3.63) is 0 Å². The number of hydrogen-bond acceptors (Lipinski definition) is 2. The summed E-state index contributed by atoms with van der Waals surface area (Å²) in [5.74, 6) is 1.73. The Kier molecular flexibility index (Phi) is 4.00. The van der Waals surface area contributed by atoms with Crippen molar-refractivity contribution in [3.63, 3.8) is 0 Å². The Morgan fingerprint density at radius 1 is 1.28 bits per heavy atom. The minimum absolute atomic E-state index is 0.0467. The molecule has 2 rings (SSSR count). The molecule has 2 aliphatic rings. The Bertz CT molecular complexity index is 296. The maximum absolute atomic E-state index is 12.2. The number of aliphatic hydroxyl groups is 1. The Labute approximate surface area is 110 Å². The van der Waals surface area contributed by atoms with Crippen LogP contribution in [0.4, 0.5) is 0 Å². The van der Waals surface area contributed by atoms with Gasteiger partial charge in [0.25, 0.3) is 0 Å². The Morgan fingerprint density at radius 3 is 2.28 bits per heavy atom. The highest BCUT2D eigenvalue weighted by atomic mass is 16.3. The maximum Gasteiger partial charge on any atom is 0.223 e. The molecule has 0 bridgehead atoms. The van der Waals surface area contributed by atoms with E-state index in [2.05, 4.69) is 26.1 Å². The summed E-state index contributed by atoms with van der Waals surface area (Å²) in [5.41, 5.74) is 0.136. The van der Waals surface area contributed by atoms with E-state index in [4.69, 9.17) is 0 Å². The quantitative estimate of drug-likeness (QED) is 0.808. The van der Waals surface area contributed by atoms with Crippen molar-refractivity contribution in [2.24, 2.45) is 23.2 Å². The average Bonchev–Trinajstić information content (AvgIpc) is 3.00. The summed E-state index contributed by atoms with van der Waals surface area (Å²) in [5, 5.41) is 12.4. The molecule has 2 aliphatic carbocycles. The lowest BCUT2D eigenvalue weighted by molar-refractivity contribution is -0.124. The molecule has 3 atom stereocenters. The van der Waals surface area contributed by atoms with Gasteiger partial charge in [-0.1, -0.05) is 33.6 Å². The van der Waals surface area contributed by atoms with Crippen molar-refractivity contribution in [2.45, 2.75) is 58.9 Å². The fraction of sp³-hybridized carbons (Fsp3) is 0.933. The number of nitrogens with one attached hydrogen (secondary N) is 1. The van der Waals surface area contributed by atoms with Crippen LogP contribution in [0.3, 0.4) is 0 Å². The van der Waals surface area contributed by atoms with Gasteiger partial charge in [0.2, 0.25) is 5.91 Å². The predicted octanol–water partition coefficient (Wildman–Crippen LogP) is 2.34. The van der Waals surface area contributed by atoms with Gasteiger partial charge in [0.15, 0.2) is 0 Å². The Balaban J connectivity index is 1.83. The van der Waals surface area contributed by atoms with Gasteiger partial charge >= 0.3 is 0 Å². The molecule has 3 unspecified atom stereocenters. The molecule has 0 aromatic heterocycles. The molecule has 0 aromatic rings. The summed E-state index contributed by atoms with van der Waals surface area (Å²) in [7, 11) is 0. The van der Waals surface area contributed by atoms with E-state index < -0.39 is 0 Å². The topological polar surface area (TPSA) is 49.3 Å². The van der Waals surface area contributed by atoms with Crippen LogP contribution in [0.5, 0.6) is 0 Å². The summed E-state index contributed by atoms with van der Waals surface area (Å²) in [6.45, 7) is 6.46. The zero-order valence-corrected chi connectivity index (χ0v) is 11.9. The van der Waals surface area contributed by atoms with Crippen molar-refractivity contribution in [1.29, 1.82) is 0 Å². The Hall–Kier alpha value is -0.570. The second kappa shape index (κ2) is 5.20. The fourth-order valence-electron chi connectivity index (χ4n) is 3.58. The lowest BCUT2D eigenvalue weighted by Crippen LogP contribution is -2.41. The van der Waals surface area contributed by atoms with Crippen LogP contribution in [-0.4, -0.2) is 23.7 Å². The molecule has 0 saturated heterocycles. The third kappa shape index (κ3) is 3.25. The van der Waals surface area contributed by atoms with Gasteiger partial charge in [0, 0.05) is 5.92 Å². The van der Waals surface area contributed by atoms with Crippen molar-refractivity contribution in [2.75, 3.05) is 6.61 Å². The van der Waals surface area contributed by atoms with Gasteiger partial charge in [0.1, 0.15) is 0 Å². The van der Waals surface area contributed by atoms with Gasteiger partial charge in [-0.15, -0.1) is 0 Å². The lowest BCUT2D eigenvalue weighted by atomic mass is 9.88. The molecule has 2 N–H and O–H groups in total. The van der Waals surface area contributed by atoms with Crippen molar-refractivity contribution >= 4 is 5.91 Å². The van der Waals surface area contributed by atoms with E-state index >= 15 is 0 Å². The molecule has 2 saturated carbocycles. The number of aliphatic hydroxyl groups excluding tert-OH is 1. The fourth-order valence-corrected chi connectivity index (χ4v) is 3.58. The van der Waals surface area contributed by atoms with Crippen molar-refractivity contribution in [3.8, 4) is 0 Å². The highest BCUT2D eigenvalue weighted by Crippen LogP contribution is 2.55. The van der Waals surface area contributed by atoms with Gasteiger partial charge in [-0.3, -0.25) is 4.79 Å². The van der Waals surface area contributed by atoms with Crippen LogP contribution in [0.2, 0.25) is 0 Å². The SMILES string of the molecule is CC(C)(C)CC(CO)NC(=O)C1C2CCCCC21. The first-order valence-electron chi connectivity index (χ1n) is 7.33. The van der Waals surface area contributed by atoms with E-state index in [1.165, 1.54) is 25.7 Å². The van der Waals surface area contributed by atoms with E-state index in [9.17, 15) is 9.90 Å². The van der Waals surface area contributed by atoms with Gasteiger partial charge in [0.05, 0.1) is 12.6 Å². The molecule has 0 radical (unpaired) electrons. The molecule has 0 heterocycles. The minimum Gasteiger partial charge on any atom is -0.394 e. The predicted molar refractivity (Wildman–Crippen MR) is 72.0 cm³/mol. The zero-order chi connectivity index (χ0) is 13.3. The normalized spacial score (nSPS) is 32.6. The highest BCUT2D eigenvalue weighted by molar-refractivity contribution is 5.82. The first-order valence-corrected chi connectivity index (χ1v) is 7.33. The summed E-state index contributed by atoms with van der Waals surface area (Å²) >= 11 is 0. The second-order valence-corrected chi connectivity index (χ2v) is 7.29. The largest absolute Gasteiger partial charge is 0.394 e. The van der Waals surface area contributed by atoms with E-state index in [1.807, 2.05) is 0 Å². The lowest BCUT2D eigenvalue weighted by Gasteiger charge is -2.25. The van der Waals surface area contributed by atoms with Crippen LogP contribution in [-0.2, 0) is 4.79 Å². The smallest absolute Gasteiger partial charge is 0.223 e. The van der Waals surface area contributed by atoms with E-state index in [-0.39, 0.29) is 29.9 Å². The van der Waals surface area contributed by atoms with Crippen LogP contribution in [0.15, 0.2) is 0 Å². The molecular formula is C15H27NO2. The molecule has 18 heavy (non-hydrogen) atoms. The van der Waals surface area contributed by atoms with E-state index in [1.54, 1.807) is 0 Å². The second-order valence-electron chi connectivity index (χ2n) is 7.29. The van der Waals surface area contributed by atoms with Crippen molar-refractivity contribution < 1.29 is 9.90 Å². The van der Waals surface area contributed by atoms with E-state index in [0.717, 1.165) is 6.42 Å². The Morgan fingerprint density at radius 2 is 1.83 bits per heavy atom. The van der Waals surface area contributed by atoms with Gasteiger partial charge < -0.3 is 10.4 Å². The highest BCUT2D eigenvalue weighted by Gasteiger charge is 2.54. The average molecular weight is 253 g/mol. The third-order valence-corrected chi connectivity index (χ3v) is 4.38. The van der Waals surface area contributed by atoms with Gasteiger partial charge in [-0.2, -0.15) is 0 Å².